The molecular formula is C25H22F2N2O. The van der Waals surface area contributed by atoms with Crippen molar-refractivity contribution in [2.45, 2.75) is 32.6 Å². The van der Waals surface area contributed by atoms with Crippen LogP contribution in [0.25, 0.3) is 11.8 Å². The summed E-state index contributed by atoms with van der Waals surface area (Å²) in [6.45, 7) is 2.17. The van der Waals surface area contributed by atoms with E-state index in [1.165, 1.54) is 29.8 Å². The molecule has 2 aliphatic rings. The van der Waals surface area contributed by atoms with E-state index in [2.05, 4.69) is 18.1 Å². The molecule has 30 heavy (non-hydrogen) atoms. The van der Waals surface area contributed by atoms with Gasteiger partial charge in [0, 0.05) is 16.9 Å². The molecular weight excluding hydrogens is 382 g/mol. The third kappa shape index (κ3) is 3.00. The largest absolute Gasteiger partial charge is 0.294 e. The summed E-state index contributed by atoms with van der Waals surface area (Å²) in [5.74, 6) is -0.680. The molecule has 1 fully saturated rings. The molecule has 5 rings (SSSR count). The fourth-order valence-corrected chi connectivity index (χ4v) is 5.06. The van der Waals surface area contributed by atoms with Gasteiger partial charge in [-0.05, 0) is 85.9 Å². The highest BCUT2D eigenvalue weighted by molar-refractivity contribution is 5.99. The number of allylic oxidation sites excluding steroid dienone is 1. The first-order chi connectivity index (χ1) is 14.5. The maximum atomic E-state index is 13.3. The standard InChI is InChI=1S/C25H22F2N2O/c1-25-14-17-15-28-29(21-11-9-20(27)10-12-21)23(17)13-18(25)3-2-4-22(25)24(30)16-5-7-19(26)8-6-16/h5-13,15,22H,2-4,14H2,1H3/t22-,25+/m1/s1. The predicted octanol–water partition coefficient (Wildman–Crippen LogP) is 5.78. The molecule has 0 unspecified atom stereocenters. The summed E-state index contributed by atoms with van der Waals surface area (Å²) in [4.78, 5) is 13.3. The minimum Gasteiger partial charge on any atom is -0.294 e. The summed E-state index contributed by atoms with van der Waals surface area (Å²) in [6, 6.07) is 12.2. The maximum absolute atomic E-state index is 13.3. The van der Waals surface area contributed by atoms with E-state index in [4.69, 9.17) is 0 Å². The molecule has 3 aromatic rings. The highest BCUT2D eigenvalue weighted by atomic mass is 19.1. The van der Waals surface area contributed by atoms with Gasteiger partial charge in [0.15, 0.2) is 5.78 Å². The van der Waals surface area contributed by atoms with E-state index in [0.717, 1.165) is 42.6 Å². The Labute approximate surface area is 174 Å². The summed E-state index contributed by atoms with van der Waals surface area (Å²) < 4.78 is 28.5. The second kappa shape index (κ2) is 7.01. The number of ketones is 1. The van der Waals surface area contributed by atoms with Crippen molar-refractivity contribution in [2.24, 2.45) is 11.3 Å². The molecule has 0 radical (unpaired) electrons. The molecule has 1 heterocycles. The van der Waals surface area contributed by atoms with Crippen LogP contribution in [0, 0.1) is 23.0 Å². The molecule has 5 heteroatoms. The Balaban J connectivity index is 1.52. The van der Waals surface area contributed by atoms with Crippen LogP contribution in [0.3, 0.4) is 0 Å². The second-order valence-electron chi connectivity index (χ2n) is 8.52. The maximum Gasteiger partial charge on any atom is 0.166 e. The zero-order valence-electron chi connectivity index (χ0n) is 16.7. The number of benzene rings is 2. The van der Waals surface area contributed by atoms with Gasteiger partial charge in [0.1, 0.15) is 11.6 Å². The van der Waals surface area contributed by atoms with Crippen molar-refractivity contribution in [3.05, 3.63) is 88.8 Å². The van der Waals surface area contributed by atoms with Crippen LogP contribution in [0.4, 0.5) is 8.78 Å². The molecule has 2 atom stereocenters. The van der Waals surface area contributed by atoms with Gasteiger partial charge in [-0.2, -0.15) is 5.10 Å². The normalized spacial score (nSPS) is 22.8. The topological polar surface area (TPSA) is 34.9 Å². The lowest BCUT2D eigenvalue weighted by atomic mass is 9.58. The highest BCUT2D eigenvalue weighted by Gasteiger charge is 2.46. The first-order valence-corrected chi connectivity index (χ1v) is 10.3. The number of hydrogen-bond acceptors (Lipinski definition) is 2. The van der Waals surface area contributed by atoms with Gasteiger partial charge < -0.3 is 0 Å². The van der Waals surface area contributed by atoms with E-state index in [0.29, 0.717) is 5.56 Å². The first kappa shape index (κ1) is 18.9. The minimum absolute atomic E-state index is 0.0810. The van der Waals surface area contributed by atoms with Gasteiger partial charge in [0.05, 0.1) is 17.6 Å². The Morgan fingerprint density at radius 2 is 1.73 bits per heavy atom. The molecule has 0 spiro atoms. The van der Waals surface area contributed by atoms with Crippen LogP contribution >= 0.6 is 0 Å². The summed E-state index contributed by atoms with van der Waals surface area (Å²) in [7, 11) is 0. The average molecular weight is 404 g/mol. The second-order valence-corrected chi connectivity index (χ2v) is 8.52. The lowest BCUT2D eigenvalue weighted by Crippen LogP contribution is -2.41. The number of Topliss-reactive ketones (excluding diaryl/α,β-unsaturated/α-hetero) is 1. The predicted molar refractivity (Wildman–Crippen MR) is 111 cm³/mol. The zero-order valence-corrected chi connectivity index (χ0v) is 16.7. The molecule has 0 bridgehead atoms. The number of halogens is 2. The zero-order chi connectivity index (χ0) is 20.9. The Morgan fingerprint density at radius 1 is 1.07 bits per heavy atom. The van der Waals surface area contributed by atoms with Gasteiger partial charge >= 0.3 is 0 Å². The van der Waals surface area contributed by atoms with Crippen LogP contribution < -0.4 is 0 Å². The lowest BCUT2D eigenvalue weighted by Gasteiger charge is -2.45. The summed E-state index contributed by atoms with van der Waals surface area (Å²) >= 11 is 0. The van der Waals surface area contributed by atoms with E-state index in [1.807, 2.05) is 10.9 Å². The number of rotatable bonds is 3. The fraction of sp³-hybridized carbons (Fsp3) is 0.280. The van der Waals surface area contributed by atoms with E-state index in [9.17, 15) is 13.6 Å². The molecule has 0 saturated heterocycles. The van der Waals surface area contributed by atoms with Crippen molar-refractivity contribution in [3.8, 4) is 5.69 Å². The molecule has 2 aromatic carbocycles. The van der Waals surface area contributed by atoms with Crippen LogP contribution in [0.15, 0.2) is 60.3 Å². The van der Waals surface area contributed by atoms with E-state index in [1.54, 1.807) is 24.3 Å². The van der Waals surface area contributed by atoms with Gasteiger partial charge in [-0.1, -0.05) is 12.5 Å². The van der Waals surface area contributed by atoms with Gasteiger partial charge in [-0.25, -0.2) is 13.5 Å². The monoisotopic (exact) mass is 404 g/mol. The summed E-state index contributed by atoms with van der Waals surface area (Å²) in [5, 5.41) is 4.55. The van der Waals surface area contributed by atoms with Crippen LogP contribution in [-0.4, -0.2) is 15.6 Å². The van der Waals surface area contributed by atoms with Gasteiger partial charge in [-0.15, -0.1) is 0 Å². The number of nitrogens with zero attached hydrogens (tertiary/aromatic N) is 2. The van der Waals surface area contributed by atoms with Crippen LogP contribution in [0.1, 0.15) is 47.8 Å². The number of fused-ring (bicyclic) bond motifs is 2. The van der Waals surface area contributed by atoms with Crippen molar-refractivity contribution >= 4 is 11.9 Å². The fourth-order valence-electron chi connectivity index (χ4n) is 5.06. The van der Waals surface area contributed by atoms with Crippen molar-refractivity contribution in [1.82, 2.24) is 9.78 Å². The van der Waals surface area contributed by atoms with Crippen molar-refractivity contribution in [1.29, 1.82) is 0 Å². The van der Waals surface area contributed by atoms with E-state index >= 15 is 0 Å². The Kier molecular flexibility index (Phi) is 4.42. The van der Waals surface area contributed by atoms with Crippen molar-refractivity contribution in [3.63, 3.8) is 0 Å². The lowest BCUT2D eigenvalue weighted by molar-refractivity contribution is 0.0762. The summed E-state index contributed by atoms with van der Waals surface area (Å²) in [6.07, 6.45) is 7.46. The third-order valence-electron chi connectivity index (χ3n) is 6.71. The number of hydrogen-bond donors (Lipinski definition) is 0. The molecule has 1 aromatic heterocycles. The first-order valence-electron chi connectivity index (χ1n) is 10.3. The number of aromatic nitrogens is 2. The van der Waals surface area contributed by atoms with Crippen LogP contribution in [0.2, 0.25) is 0 Å². The minimum atomic E-state index is -0.336. The Morgan fingerprint density at radius 3 is 2.43 bits per heavy atom. The Hall–Kier alpha value is -3.08. The van der Waals surface area contributed by atoms with E-state index in [-0.39, 0.29) is 28.8 Å². The Bertz CT molecular complexity index is 1140. The number of carbonyl (C=O) groups excluding carboxylic acids is 1. The molecule has 0 N–H and O–H groups in total. The van der Waals surface area contributed by atoms with Crippen molar-refractivity contribution in [2.75, 3.05) is 0 Å². The quantitative estimate of drug-likeness (QED) is 0.519. The number of carbonyl (C=O) groups is 1. The molecule has 3 nitrogen and oxygen atoms in total. The third-order valence-corrected chi connectivity index (χ3v) is 6.71. The van der Waals surface area contributed by atoms with Crippen LogP contribution in [0.5, 0.6) is 0 Å². The molecule has 0 aliphatic heterocycles. The van der Waals surface area contributed by atoms with Gasteiger partial charge in [-0.3, -0.25) is 4.79 Å². The van der Waals surface area contributed by atoms with Gasteiger partial charge in [0.25, 0.3) is 0 Å². The molecule has 2 aliphatic carbocycles. The average Bonchev–Trinajstić information content (AvgIpc) is 3.14. The molecule has 0 amide bonds. The smallest absolute Gasteiger partial charge is 0.166 e. The van der Waals surface area contributed by atoms with Crippen LogP contribution in [-0.2, 0) is 6.42 Å². The molecule has 152 valence electrons. The van der Waals surface area contributed by atoms with E-state index < -0.39 is 0 Å². The highest BCUT2D eigenvalue weighted by Crippen LogP contribution is 2.52. The SMILES string of the molecule is C[C@]12Cc3cnn(-c4ccc(F)cc4)c3C=C1CCC[C@@H]2C(=O)c1ccc(F)cc1. The molecule has 1 saturated carbocycles. The van der Waals surface area contributed by atoms with Crippen molar-refractivity contribution < 1.29 is 13.6 Å². The summed E-state index contributed by atoms with van der Waals surface area (Å²) in [5.41, 5.74) is 4.44. The van der Waals surface area contributed by atoms with Gasteiger partial charge in [0.2, 0.25) is 0 Å².